The molecule has 0 saturated heterocycles. The predicted molar refractivity (Wildman–Crippen MR) is 60.6 cm³/mol. The molecule has 0 aliphatic rings. The number of aromatic nitrogens is 3. The van der Waals surface area contributed by atoms with E-state index in [1.165, 1.54) is 0 Å². The summed E-state index contributed by atoms with van der Waals surface area (Å²) in [5, 5.41) is 18.6. The first-order chi connectivity index (χ1) is 7.69. The van der Waals surface area contributed by atoms with Crippen LogP contribution in [0.2, 0.25) is 5.15 Å². The van der Waals surface area contributed by atoms with E-state index in [9.17, 15) is 0 Å². The fourth-order valence-corrected chi connectivity index (χ4v) is 1.40. The SMILES string of the molecule is Cc1cc(Nc2ccc(C#N)c(Cl)n2)n[nH]1. The highest BCUT2D eigenvalue weighted by atomic mass is 35.5. The number of anilines is 2. The lowest BCUT2D eigenvalue weighted by molar-refractivity contribution is 1.05. The highest BCUT2D eigenvalue weighted by Gasteiger charge is 2.04. The van der Waals surface area contributed by atoms with Crippen LogP contribution in [0.5, 0.6) is 0 Å². The average molecular weight is 234 g/mol. The van der Waals surface area contributed by atoms with E-state index < -0.39 is 0 Å². The number of pyridine rings is 1. The van der Waals surface area contributed by atoms with Crippen LogP contribution >= 0.6 is 11.6 Å². The summed E-state index contributed by atoms with van der Waals surface area (Å²) in [5.41, 5.74) is 1.30. The Morgan fingerprint density at radius 3 is 2.81 bits per heavy atom. The highest BCUT2D eigenvalue weighted by molar-refractivity contribution is 6.30. The molecule has 2 heterocycles. The van der Waals surface area contributed by atoms with Crippen LogP contribution in [0.15, 0.2) is 18.2 Å². The minimum absolute atomic E-state index is 0.180. The van der Waals surface area contributed by atoms with Crippen LogP contribution in [-0.2, 0) is 0 Å². The Labute approximate surface area is 97.1 Å². The zero-order chi connectivity index (χ0) is 11.5. The van der Waals surface area contributed by atoms with Gasteiger partial charge in [0.1, 0.15) is 17.0 Å². The summed E-state index contributed by atoms with van der Waals surface area (Å²) >= 11 is 5.80. The van der Waals surface area contributed by atoms with Crippen molar-refractivity contribution in [1.29, 1.82) is 5.26 Å². The summed E-state index contributed by atoms with van der Waals surface area (Å²) in [4.78, 5) is 4.03. The average Bonchev–Trinajstić information content (AvgIpc) is 2.64. The van der Waals surface area contributed by atoms with Crippen LogP contribution in [0.1, 0.15) is 11.3 Å². The number of H-pyrrole nitrogens is 1. The molecule has 0 bridgehead atoms. The molecule has 0 saturated carbocycles. The Bertz CT molecular complexity index is 555. The largest absolute Gasteiger partial charge is 0.323 e. The Kier molecular flexibility index (Phi) is 2.75. The number of rotatable bonds is 2. The van der Waals surface area contributed by atoms with E-state index in [2.05, 4.69) is 20.5 Å². The summed E-state index contributed by atoms with van der Waals surface area (Å²) in [7, 11) is 0. The normalized spacial score (nSPS) is 9.81. The molecular formula is C10H8ClN5. The molecule has 0 spiro atoms. The summed E-state index contributed by atoms with van der Waals surface area (Å²) in [6.07, 6.45) is 0. The van der Waals surface area contributed by atoms with Gasteiger partial charge in [-0.2, -0.15) is 10.4 Å². The number of hydrogen-bond acceptors (Lipinski definition) is 4. The summed E-state index contributed by atoms with van der Waals surface area (Å²) < 4.78 is 0. The molecule has 6 heteroatoms. The third-order valence-corrected chi connectivity index (χ3v) is 2.22. The number of nitriles is 1. The predicted octanol–water partition coefficient (Wildman–Crippen LogP) is 2.38. The van der Waals surface area contributed by atoms with Gasteiger partial charge in [-0.3, -0.25) is 5.10 Å². The van der Waals surface area contributed by atoms with E-state index in [1.807, 2.05) is 19.1 Å². The summed E-state index contributed by atoms with van der Waals surface area (Å²) in [5.74, 6) is 1.21. The van der Waals surface area contributed by atoms with E-state index in [0.717, 1.165) is 5.69 Å². The monoisotopic (exact) mass is 233 g/mol. The van der Waals surface area contributed by atoms with Crippen LogP contribution in [0.25, 0.3) is 0 Å². The molecule has 0 aliphatic heterocycles. The number of nitrogens with zero attached hydrogens (tertiary/aromatic N) is 3. The molecule has 0 unspecified atom stereocenters. The van der Waals surface area contributed by atoms with Crippen molar-refractivity contribution in [3.63, 3.8) is 0 Å². The van der Waals surface area contributed by atoms with Crippen LogP contribution in [0.4, 0.5) is 11.6 Å². The number of hydrogen-bond donors (Lipinski definition) is 2. The van der Waals surface area contributed by atoms with Crippen LogP contribution in [-0.4, -0.2) is 15.2 Å². The van der Waals surface area contributed by atoms with Crippen molar-refractivity contribution in [3.8, 4) is 6.07 Å². The van der Waals surface area contributed by atoms with Gasteiger partial charge in [-0.25, -0.2) is 4.98 Å². The molecule has 80 valence electrons. The molecule has 0 atom stereocenters. The molecule has 16 heavy (non-hydrogen) atoms. The van der Waals surface area contributed by atoms with Gasteiger partial charge in [-0.05, 0) is 19.1 Å². The quantitative estimate of drug-likeness (QED) is 0.781. The van der Waals surface area contributed by atoms with Crippen LogP contribution in [0.3, 0.4) is 0 Å². The Hall–Kier alpha value is -2.06. The van der Waals surface area contributed by atoms with E-state index in [1.54, 1.807) is 12.1 Å². The fourth-order valence-electron chi connectivity index (χ4n) is 1.20. The Morgan fingerprint density at radius 1 is 1.44 bits per heavy atom. The molecule has 0 amide bonds. The summed E-state index contributed by atoms with van der Waals surface area (Å²) in [6, 6.07) is 7.07. The maximum Gasteiger partial charge on any atom is 0.153 e. The number of halogens is 1. The van der Waals surface area contributed by atoms with Crippen molar-refractivity contribution < 1.29 is 0 Å². The fraction of sp³-hybridized carbons (Fsp3) is 0.100. The maximum atomic E-state index is 8.69. The van der Waals surface area contributed by atoms with Gasteiger partial charge < -0.3 is 5.32 Å². The lowest BCUT2D eigenvalue weighted by atomic mass is 10.3. The third-order valence-electron chi connectivity index (χ3n) is 1.93. The zero-order valence-electron chi connectivity index (χ0n) is 8.45. The maximum absolute atomic E-state index is 8.69. The molecule has 0 aromatic carbocycles. The van der Waals surface area contributed by atoms with Gasteiger partial charge in [0, 0.05) is 11.8 Å². The van der Waals surface area contributed by atoms with Gasteiger partial charge in [-0.15, -0.1) is 0 Å². The lowest BCUT2D eigenvalue weighted by Crippen LogP contribution is -1.95. The third kappa shape index (κ3) is 2.12. The van der Waals surface area contributed by atoms with E-state index >= 15 is 0 Å². The molecule has 2 N–H and O–H groups in total. The summed E-state index contributed by atoms with van der Waals surface area (Å²) in [6.45, 7) is 1.90. The number of aromatic amines is 1. The first-order valence-electron chi connectivity index (χ1n) is 4.55. The Morgan fingerprint density at radius 2 is 2.25 bits per heavy atom. The molecule has 0 radical (unpaired) electrons. The Balaban J connectivity index is 2.23. The van der Waals surface area contributed by atoms with E-state index in [0.29, 0.717) is 17.2 Å². The first-order valence-corrected chi connectivity index (χ1v) is 4.92. The molecule has 0 aliphatic carbocycles. The van der Waals surface area contributed by atoms with Gasteiger partial charge in [0.2, 0.25) is 0 Å². The van der Waals surface area contributed by atoms with Gasteiger partial charge in [-0.1, -0.05) is 11.6 Å². The van der Waals surface area contributed by atoms with Gasteiger partial charge >= 0.3 is 0 Å². The van der Waals surface area contributed by atoms with Crippen LogP contribution < -0.4 is 5.32 Å². The lowest BCUT2D eigenvalue weighted by Gasteiger charge is -2.02. The van der Waals surface area contributed by atoms with Gasteiger partial charge in [0.05, 0.1) is 5.56 Å². The minimum Gasteiger partial charge on any atom is -0.323 e. The van der Waals surface area contributed by atoms with E-state index in [4.69, 9.17) is 16.9 Å². The van der Waals surface area contributed by atoms with Crippen molar-refractivity contribution >= 4 is 23.2 Å². The van der Waals surface area contributed by atoms with Crippen molar-refractivity contribution in [2.24, 2.45) is 0 Å². The van der Waals surface area contributed by atoms with Crippen molar-refractivity contribution in [1.82, 2.24) is 15.2 Å². The smallest absolute Gasteiger partial charge is 0.153 e. The molecule has 0 fully saturated rings. The topological polar surface area (TPSA) is 77.4 Å². The molecule has 2 rings (SSSR count). The first kappa shape index (κ1) is 10.5. The molecular weight excluding hydrogens is 226 g/mol. The van der Waals surface area contributed by atoms with Crippen molar-refractivity contribution in [2.45, 2.75) is 6.92 Å². The minimum atomic E-state index is 0.180. The molecule has 5 nitrogen and oxygen atoms in total. The van der Waals surface area contributed by atoms with Gasteiger partial charge in [0.25, 0.3) is 0 Å². The van der Waals surface area contributed by atoms with Gasteiger partial charge in [0.15, 0.2) is 5.82 Å². The second kappa shape index (κ2) is 4.21. The second-order valence-corrected chi connectivity index (χ2v) is 3.57. The van der Waals surface area contributed by atoms with Crippen LogP contribution in [0, 0.1) is 18.3 Å². The van der Waals surface area contributed by atoms with E-state index in [-0.39, 0.29) is 5.15 Å². The number of nitrogens with one attached hydrogen (secondary N) is 2. The number of aryl methyl sites for hydroxylation is 1. The zero-order valence-corrected chi connectivity index (χ0v) is 9.21. The molecule has 2 aromatic rings. The molecule has 2 aromatic heterocycles. The van der Waals surface area contributed by atoms with Crippen molar-refractivity contribution in [3.05, 3.63) is 34.6 Å². The van der Waals surface area contributed by atoms with Crippen molar-refractivity contribution in [2.75, 3.05) is 5.32 Å². The standard InChI is InChI=1S/C10H8ClN5/c1-6-4-9(16-15-6)13-8-3-2-7(5-12)10(11)14-8/h2-4H,1H3,(H2,13,14,15,16). The second-order valence-electron chi connectivity index (χ2n) is 3.21. The highest BCUT2D eigenvalue weighted by Crippen LogP contribution is 2.18.